The van der Waals surface area contributed by atoms with Crippen LogP contribution in [0, 0.1) is 5.41 Å². The predicted molar refractivity (Wildman–Crippen MR) is 77.9 cm³/mol. The molecule has 1 aromatic carbocycles. The molecule has 0 heterocycles. The molecule has 1 amide bonds. The molecule has 0 fully saturated rings. The molecule has 1 rings (SSSR count). The highest BCUT2D eigenvalue weighted by Crippen LogP contribution is 2.12. The van der Waals surface area contributed by atoms with Gasteiger partial charge >= 0.3 is 5.97 Å². The number of nitrogens with one attached hydrogen (secondary N) is 2. The number of ether oxygens (including phenoxy) is 1. The van der Waals surface area contributed by atoms with Gasteiger partial charge in [-0.3, -0.25) is 9.59 Å². The molecule has 2 N–H and O–H groups in total. The maximum atomic E-state index is 11.2. The molecule has 0 saturated carbocycles. The number of carbonyl (C=O) groups is 2. The van der Waals surface area contributed by atoms with Crippen molar-refractivity contribution in [3.63, 3.8) is 0 Å². The number of hydrogen-bond acceptors (Lipinski definition) is 4. The van der Waals surface area contributed by atoms with Gasteiger partial charge in [0.1, 0.15) is 0 Å². The molecule has 0 bridgehead atoms. The van der Waals surface area contributed by atoms with Crippen molar-refractivity contribution in [1.82, 2.24) is 0 Å². The zero-order valence-corrected chi connectivity index (χ0v) is 11.2. The monoisotopic (exact) mass is 272 g/mol. The Morgan fingerprint density at radius 3 is 2.85 bits per heavy atom. The molecule has 5 heteroatoms. The fourth-order valence-electron chi connectivity index (χ4n) is 1.41. The van der Waals surface area contributed by atoms with Gasteiger partial charge in [-0.05, 0) is 24.3 Å². The van der Waals surface area contributed by atoms with Crippen LogP contribution in [0.15, 0.2) is 49.1 Å². The third-order valence-electron chi connectivity index (χ3n) is 2.42. The van der Waals surface area contributed by atoms with E-state index in [1.165, 1.54) is 19.3 Å². The zero-order valence-electron chi connectivity index (χ0n) is 11.2. The van der Waals surface area contributed by atoms with Crippen LogP contribution in [-0.4, -0.2) is 24.7 Å². The second-order valence-corrected chi connectivity index (χ2v) is 3.87. The van der Waals surface area contributed by atoms with Crippen LogP contribution in [0.3, 0.4) is 0 Å². The molecular formula is C15H16N2O3. The summed E-state index contributed by atoms with van der Waals surface area (Å²) in [6.07, 6.45) is 4.37. The van der Waals surface area contributed by atoms with Crippen LogP contribution in [0.5, 0.6) is 0 Å². The number of methoxy groups -OCH3 is 1. The standard InChI is InChI=1S/C15H16N2O3/c1-3-14(18)17-12-7-4-6-11(10-12)13(16)8-5-9-15(19)20-2/h3-8,10,16H,1,9H2,2H3,(H,17,18)/b8-5+,16-13?. The number of allylic oxidation sites excluding steroid dienone is 1. The molecule has 0 radical (unpaired) electrons. The van der Waals surface area contributed by atoms with Crippen LogP contribution in [0.25, 0.3) is 0 Å². The van der Waals surface area contributed by atoms with E-state index in [0.717, 1.165) is 0 Å². The smallest absolute Gasteiger partial charge is 0.309 e. The number of rotatable bonds is 6. The van der Waals surface area contributed by atoms with Crippen molar-refractivity contribution in [1.29, 1.82) is 5.41 Å². The summed E-state index contributed by atoms with van der Waals surface area (Å²) in [7, 11) is 1.31. The first kappa shape index (κ1) is 15.4. The molecule has 0 aliphatic heterocycles. The van der Waals surface area contributed by atoms with Gasteiger partial charge in [-0.25, -0.2) is 0 Å². The molecule has 0 atom stereocenters. The first-order chi connectivity index (χ1) is 9.56. The van der Waals surface area contributed by atoms with E-state index in [1.54, 1.807) is 30.3 Å². The van der Waals surface area contributed by atoms with Crippen LogP contribution in [0.1, 0.15) is 12.0 Å². The van der Waals surface area contributed by atoms with Crippen LogP contribution in [0.4, 0.5) is 5.69 Å². The Hall–Kier alpha value is -2.69. The molecule has 5 nitrogen and oxygen atoms in total. The summed E-state index contributed by atoms with van der Waals surface area (Å²) in [5.41, 5.74) is 1.45. The van der Waals surface area contributed by atoms with Crippen LogP contribution in [0.2, 0.25) is 0 Å². The van der Waals surface area contributed by atoms with Crippen molar-refractivity contribution in [2.24, 2.45) is 0 Å². The highest BCUT2D eigenvalue weighted by Gasteiger charge is 2.02. The van der Waals surface area contributed by atoms with Gasteiger partial charge in [-0.15, -0.1) is 0 Å². The van der Waals surface area contributed by atoms with Gasteiger partial charge < -0.3 is 15.5 Å². The third-order valence-corrected chi connectivity index (χ3v) is 2.42. The number of carbonyl (C=O) groups excluding carboxylic acids is 2. The van der Waals surface area contributed by atoms with Crippen LogP contribution in [-0.2, 0) is 14.3 Å². The van der Waals surface area contributed by atoms with Crippen molar-refractivity contribution in [2.45, 2.75) is 6.42 Å². The van der Waals surface area contributed by atoms with E-state index in [2.05, 4.69) is 16.6 Å². The van der Waals surface area contributed by atoms with Gasteiger partial charge in [0, 0.05) is 11.3 Å². The summed E-state index contributed by atoms with van der Waals surface area (Å²) in [4.78, 5) is 22.1. The Morgan fingerprint density at radius 1 is 1.45 bits per heavy atom. The fraction of sp³-hybridized carbons (Fsp3) is 0.133. The lowest BCUT2D eigenvalue weighted by molar-refractivity contribution is -0.139. The number of anilines is 1. The van der Waals surface area contributed by atoms with E-state index in [-0.39, 0.29) is 24.0 Å². The number of benzene rings is 1. The van der Waals surface area contributed by atoms with Gasteiger partial charge in [0.05, 0.1) is 19.2 Å². The van der Waals surface area contributed by atoms with Crippen molar-refractivity contribution in [3.8, 4) is 0 Å². The summed E-state index contributed by atoms with van der Waals surface area (Å²) < 4.78 is 4.50. The first-order valence-corrected chi connectivity index (χ1v) is 5.92. The van der Waals surface area contributed by atoms with Gasteiger partial charge in [-0.2, -0.15) is 0 Å². The second-order valence-electron chi connectivity index (χ2n) is 3.87. The highest BCUT2D eigenvalue weighted by molar-refractivity contribution is 6.08. The molecule has 0 unspecified atom stereocenters. The second kappa shape index (κ2) is 7.68. The maximum Gasteiger partial charge on any atom is 0.309 e. The Kier molecular flexibility index (Phi) is 5.90. The van der Waals surface area contributed by atoms with Crippen molar-refractivity contribution < 1.29 is 14.3 Å². The van der Waals surface area contributed by atoms with Crippen molar-refractivity contribution >= 4 is 23.3 Å². The number of esters is 1. The van der Waals surface area contributed by atoms with Crippen molar-refractivity contribution in [3.05, 3.63) is 54.6 Å². The molecule has 0 aliphatic rings. The van der Waals surface area contributed by atoms with Gasteiger partial charge in [0.25, 0.3) is 0 Å². The Balaban J connectivity index is 2.73. The van der Waals surface area contributed by atoms with E-state index in [4.69, 9.17) is 5.41 Å². The number of hydrogen-bond donors (Lipinski definition) is 2. The topological polar surface area (TPSA) is 79.3 Å². The third kappa shape index (κ3) is 4.89. The van der Waals surface area contributed by atoms with E-state index in [0.29, 0.717) is 11.3 Å². The minimum absolute atomic E-state index is 0.117. The lowest BCUT2D eigenvalue weighted by atomic mass is 10.1. The predicted octanol–water partition coefficient (Wildman–Crippen LogP) is 2.30. The minimum atomic E-state index is -0.360. The molecule has 0 saturated heterocycles. The van der Waals surface area contributed by atoms with E-state index in [9.17, 15) is 9.59 Å². The number of amides is 1. The molecule has 0 aliphatic carbocycles. The largest absolute Gasteiger partial charge is 0.469 e. The Morgan fingerprint density at radius 2 is 2.20 bits per heavy atom. The van der Waals surface area contributed by atoms with Gasteiger partial charge in [0.15, 0.2) is 0 Å². The average Bonchev–Trinajstić information content (AvgIpc) is 2.47. The summed E-state index contributed by atoms with van der Waals surface area (Å²) in [6.45, 7) is 3.37. The zero-order chi connectivity index (χ0) is 15.0. The Bertz CT molecular complexity index is 562. The molecular weight excluding hydrogens is 256 g/mol. The van der Waals surface area contributed by atoms with Gasteiger partial charge in [0.2, 0.25) is 5.91 Å². The first-order valence-electron chi connectivity index (χ1n) is 5.92. The summed E-state index contributed by atoms with van der Waals surface area (Å²) >= 11 is 0. The quantitative estimate of drug-likeness (QED) is 0.474. The normalized spacial score (nSPS) is 10.1. The van der Waals surface area contributed by atoms with Crippen LogP contribution >= 0.6 is 0 Å². The minimum Gasteiger partial charge on any atom is -0.469 e. The van der Waals surface area contributed by atoms with Crippen LogP contribution < -0.4 is 5.32 Å². The average molecular weight is 272 g/mol. The SMILES string of the molecule is C=CC(=O)Nc1cccc(C(=N)/C=C/CC(=O)OC)c1. The molecule has 0 aromatic heterocycles. The van der Waals surface area contributed by atoms with E-state index < -0.39 is 0 Å². The van der Waals surface area contributed by atoms with Crippen molar-refractivity contribution in [2.75, 3.05) is 12.4 Å². The summed E-state index contributed by atoms with van der Waals surface area (Å²) in [5.74, 6) is -0.670. The highest BCUT2D eigenvalue weighted by atomic mass is 16.5. The van der Waals surface area contributed by atoms with Gasteiger partial charge in [-0.1, -0.05) is 24.8 Å². The fourth-order valence-corrected chi connectivity index (χ4v) is 1.41. The molecule has 20 heavy (non-hydrogen) atoms. The summed E-state index contributed by atoms with van der Waals surface area (Å²) in [5, 5.41) is 10.5. The Labute approximate surface area is 117 Å². The lowest BCUT2D eigenvalue weighted by Crippen LogP contribution is -2.08. The molecule has 1 aromatic rings. The summed E-state index contributed by atoms with van der Waals surface area (Å²) in [6, 6.07) is 6.87. The molecule has 0 spiro atoms. The maximum absolute atomic E-state index is 11.2. The van der Waals surface area contributed by atoms with E-state index in [1.807, 2.05) is 0 Å². The lowest BCUT2D eigenvalue weighted by Gasteiger charge is -2.05. The van der Waals surface area contributed by atoms with E-state index >= 15 is 0 Å². The molecule has 104 valence electrons.